The molecule has 1 aliphatic rings. The normalized spacial score (nSPS) is 16.8. The van der Waals surface area contributed by atoms with Crippen molar-refractivity contribution in [3.63, 3.8) is 0 Å². The van der Waals surface area contributed by atoms with E-state index in [0.717, 1.165) is 42.1 Å². The second kappa shape index (κ2) is 9.93. The van der Waals surface area contributed by atoms with E-state index in [0.29, 0.717) is 25.6 Å². The minimum Gasteiger partial charge on any atom is -0.459 e. The third-order valence-electron chi connectivity index (χ3n) is 5.03. The Morgan fingerprint density at radius 2 is 2.00 bits per heavy atom. The van der Waals surface area contributed by atoms with Crippen LogP contribution < -0.4 is 5.32 Å². The molecule has 7 nitrogen and oxygen atoms in total. The predicted octanol–water partition coefficient (Wildman–Crippen LogP) is 2.73. The molecule has 9 heteroatoms. The average molecular weight is 520 g/mol. The lowest BCUT2D eigenvalue weighted by Gasteiger charge is -2.31. The van der Waals surface area contributed by atoms with Gasteiger partial charge in [0.1, 0.15) is 11.3 Å². The van der Waals surface area contributed by atoms with Crippen molar-refractivity contribution in [2.45, 2.75) is 19.4 Å². The van der Waals surface area contributed by atoms with Crippen LogP contribution in [0, 0.1) is 5.92 Å². The SMILES string of the molecule is CN=C(NCC1CCN(S(C)(=O)=O)CC1)N(C)Cc1cc2ccccc2o1.I. The molecular weight excluding hydrogens is 491 g/mol. The Labute approximate surface area is 184 Å². The van der Waals surface area contributed by atoms with Crippen LogP contribution in [0.5, 0.6) is 0 Å². The number of halogens is 1. The first-order valence-electron chi connectivity index (χ1n) is 9.21. The molecule has 0 spiro atoms. The van der Waals surface area contributed by atoms with Crippen LogP contribution in [0.3, 0.4) is 0 Å². The number of nitrogens with one attached hydrogen (secondary N) is 1. The highest BCUT2D eigenvalue weighted by molar-refractivity contribution is 14.0. The van der Waals surface area contributed by atoms with Crippen molar-refractivity contribution in [1.82, 2.24) is 14.5 Å². The van der Waals surface area contributed by atoms with Gasteiger partial charge in [-0.3, -0.25) is 4.99 Å². The maximum Gasteiger partial charge on any atom is 0.211 e. The van der Waals surface area contributed by atoms with Gasteiger partial charge in [0.2, 0.25) is 10.0 Å². The highest BCUT2D eigenvalue weighted by Crippen LogP contribution is 2.20. The summed E-state index contributed by atoms with van der Waals surface area (Å²) in [6, 6.07) is 10.0. The summed E-state index contributed by atoms with van der Waals surface area (Å²) in [4.78, 5) is 6.39. The van der Waals surface area contributed by atoms with Crippen LogP contribution in [0.25, 0.3) is 11.0 Å². The Balaban J connectivity index is 0.00000280. The number of rotatable bonds is 5. The molecule has 3 rings (SSSR count). The van der Waals surface area contributed by atoms with Gasteiger partial charge in [0.15, 0.2) is 5.96 Å². The fraction of sp³-hybridized carbons (Fsp3) is 0.526. The van der Waals surface area contributed by atoms with Crippen molar-refractivity contribution in [3.8, 4) is 0 Å². The number of hydrogen-bond acceptors (Lipinski definition) is 4. The molecular formula is C19H29IN4O3S. The molecule has 0 unspecified atom stereocenters. The molecule has 0 radical (unpaired) electrons. The number of sulfonamides is 1. The van der Waals surface area contributed by atoms with Crippen molar-refractivity contribution in [1.29, 1.82) is 0 Å². The van der Waals surface area contributed by atoms with E-state index in [2.05, 4.69) is 16.4 Å². The fourth-order valence-electron chi connectivity index (χ4n) is 3.49. The monoisotopic (exact) mass is 520 g/mol. The van der Waals surface area contributed by atoms with Gasteiger partial charge >= 0.3 is 0 Å². The molecule has 1 N–H and O–H groups in total. The zero-order chi connectivity index (χ0) is 19.4. The van der Waals surface area contributed by atoms with Crippen molar-refractivity contribution >= 4 is 50.9 Å². The molecule has 0 atom stereocenters. The van der Waals surface area contributed by atoms with Crippen LogP contribution in [0.2, 0.25) is 0 Å². The standard InChI is InChI=1S/C19H28N4O3S.HI/c1-20-19(21-13-15-8-10-23(11-9-15)27(3,24)25)22(2)14-17-12-16-6-4-5-7-18(16)26-17;/h4-7,12,15H,8-11,13-14H2,1-3H3,(H,20,21);1H. The zero-order valence-corrected chi connectivity index (χ0v) is 19.7. The summed E-state index contributed by atoms with van der Waals surface area (Å²) in [6.07, 6.45) is 3.01. The molecule has 1 aromatic carbocycles. The number of aliphatic imine (C=N–C) groups is 1. The van der Waals surface area contributed by atoms with Crippen LogP contribution in [0.15, 0.2) is 39.7 Å². The van der Waals surface area contributed by atoms with Gasteiger partial charge in [0.25, 0.3) is 0 Å². The van der Waals surface area contributed by atoms with E-state index in [4.69, 9.17) is 4.42 Å². The van der Waals surface area contributed by atoms with Crippen LogP contribution in [-0.4, -0.2) is 63.6 Å². The summed E-state index contributed by atoms with van der Waals surface area (Å²) in [5.41, 5.74) is 0.890. The Morgan fingerprint density at radius 3 is 2.61 bits per heavy atom. The number of para-hydroxylation sites is 1. The smallest absolute Gasteiger partial charge is 0.211 e. The highest BCUT2D eigenvalue weighted by Gasteiger charge is 2.25. The molecule has 28 heavy (non-hydrogen) atoms. The molecule has 0 saturated carbocycles. The minimum absolute atomic E-state index is 0. The molecule has 1 saturated heterocycles. The van der Waals surface area contributed by atoms with Crippen molar-refractivity contribution in [2.24, 2.45) is 10.9 Å². The van der Waals surface area contributed by atoms with Gasteiger partial charge in [-0.25, -0.2) is 12.7 Å². The Hall–Kier alpha value is -1.33. The van der Waals surface area contributed by atoms with Gasteiger partial charge in [-0.2, -0.15) is 0 Å². The van der Waals surface area contributed by atoms with E-state index in [1.54, 1.807) is 11.4 Å². The van der Waals surface area contributed by atoms with Gasteiger partial charge in [-0.15, -0.1) is 24.0 Å². The second-order valence-electron chi connectivity index (χ2n) is 7.14. The first-order chi connectivity index (χ1) is 12.9. The van der Waals surface area contributed by atoms with Gasteiger partial charge < -0.3 is 14.6 Å². The third kappa shape index (κ3) is 5.84. The summed E-state index contributed by atoms with van der Waals surface area (Å²) >= 11 is 0. The fourth-order valence-corrected chi connectivity index (χ4v) is 4.36. The molecule has 1 aliphatic heterocycles. The van der Waals surface area contributed by atoms with E-state index in [1.807, 2.05) is 36.2 Å². The highest BCUT2D eigenvalue weighted by atomic mass is 127. The molecule has 1 fully saturated rings. The lowest BCUT2D eigenvalue weighted by Crippen LogP contribution is -2.44. The largest absolute Gasteiger partial charge is 0.459 e. The number of fused-ring (bicyclic) bond motifs is 1. The van der Waals surface area contributed by atoms with Crippen molar-refractivity contribution < 1.29 is 12.8 Å². The topological polar surface area (TPSA) is 78.2 Å². The van der Waals surface area contributed by atoms with Gasteiger partial charge in [0, 0.05) is 39.1 Å². The lowest BCUT2D eigenvalue weighted by molar-refractivity contribution is 0.273. The predicted molar refractivity (Wildman–Crippen MR) is 124 cm³/mol. The van der Waals surface area contributed by atoms with Gasteiger partial charge in [-0.1, -0.05) is 18.2 Å². The van der Waals surface area contributed by atoms with E-state index in [-0.39, 0.29) is 24.0 Å². The maximum absolute atomic E-state index is 11.6. The van der Waals surface area contributed by atoms with E-state index < -0.39 is 10.0 Å². The number of hydrogen-bond donors (Lipinski definition) is 1. The summed E-state index contributed by atoms with van der Waals surface area (Å²) in [5, 5.41) is 4.51. The summed E-state index contributed by atoms with van der Waals surface area (Å²) in [6.45, 7) is 2.60. The van der Waals surface area contributed by atoms with Crippen LogP contribution in [-0.2, 0) is 16.6 Å². The van der Waals surface area contributed by atoms with Gasteiger partial charge in [-0.05, 0) is 30.9 Å². The lowest BCUT2D eigenvalue weighted by atomic mass is 9.98. The Kier molecular flexibility index (Phi) is 8.14. The minimum atomic E-state index is -3.07. The zero-order valence-electron chi connectivity index (χ0n) is 16.6. The Morgan fingerprint density at radius 1 is 1.32 bits per heavy atom. The van der Waals surface area contributed by atoms with Crippen LogP contribution >= 0.6 is 24.0 Å². The number of guanidine groups is 1. The molecule has 2 aromatic rings. The van der Waals surface area contributed by atoms with Crippen LogP contribution in [0.1, 0.15) is 18.6 Å². The summed E-state index contributed by atoms with van der Waals surface area (Å²) in [7, 11) is 0.675. The molecule has 0 aliphatic carbocycles. The third-order valence-corrected chi connectivity index (χ3v) is 6.34. The average Bonchev–Trinajstić information content (AvgIpc) is 3.04. The molecule has 2 heterocycles. The number of piperidine rings is 1. The number of furan rings is 1. The van der Waals surface area contributed by atoms with E-state index >= 15 is 0 Å². The van der Waals surface area contributed by atoms with Crippen molar-refractivity contribution in [2.75, 3.05) is 40.0 Å². The first kappa shape index (κ1) is 23.0. The number of nitrogens with zero attached hydrogens (tertiary/aromatic N) is 3. The summed E-state index contributed by atoms with van der Waals surface area (Å²) < 4.78 is 30.7. The van der Waals surface area contributed by atoms with Crippen LogP contribution in [0.4, 0.5) is 0 Å². The number of benzene rings is 1. The van der Waals surface area contributed by atoms with Crippen molar-refractivity contribution in [3.05, 3.63) is 36.1 Å². The maximum atomic E-state index is 11.6. The van der Waals surface area contributed by atoms with E-state index in [1.165, 1.54) is 6.26 Å². The molecule has 156 valence electrons. The summed E-state index contributed by atoms with van der Waals surface area (Å²) in [5.74, 6) is 2.14. The van der Waals surface area contributed by atoms with E-state index in [9.17, 15) is 8.42 Å². The quantitative estimate of drug-likeness (QED) is 0.373. The van der Waals surface area contributed by atoms with Gasteiger partial charge in [0.05, 0.1) is 12.8 Å². The Bertz CT molecular complexity index is 872. The molecule has 0 bridgehead atoms. The molecule has 0 amide bonds. The molecule has 1 aromatic heterocycles. The first-order valence-corrected chi connectivity index (χ1v) is 11.1. The second-order valence-corrected chi connectivity index (χ2v) is 9.12.